The van der Waals surface area contributed by atoms with Crippen LogP contribution in [0.1, 0.15) is 6.42 Å². The highest BCUT2D eigenvalue weighted by Gasteiger charge is 2.22. The molecular weight excluding hydrogens is 146 g/mol. The molecule has 0 aliphatic carbocycles. The van der Waals surface area contributed by atoms with Crippen molar-refractivity contribution in [2.75, 3.05) is 32.9 Å². The molecule has 1 heterocycles. The third-order valence-electron chi connectivity index (χ3n) is 1.69. The average Bonchev–Trinajstić information content (AvgIpc) is 2.02. The summed E-state index contributed by atoms with van der Waals surface area (Å²) in [6.45, 7) is 2.47. The predicted molar refractivity (Wildman–Crippen MR) is 39.1 cm³/mol. The van der Waals surface area contributed by atoms with Crippen LogP contribution in [0.4, 0.5) is 0 Å². The second-order valence-corrected chi connectivity index (χ2v) is 2.47. The standard InChI is InChI=1S/C7H13NO3/c9-4-6-11-5-3-8-2-1-7(8)10/h9H,1-6H2. The maximum atomic E-state index is 10.7. The Bertz CT molecular complexity index is 138. The second kappa shape index (κ2) is 4.31. The second-order valence-electron chi connectivity index (χ2n) is 2.47. The fourth-order valence-corrected chi connectivity index (χ4v) is 0.939. The van der Waals surface area contributed by atoms with Gasteiger partial charge in [0.15, 0.2) is 0 Å². The van der Waals surface area contributed by atoms with Gasteiger partial charge in [-0.2, -0.15) is 0 Å². The van der Waals surface area contributed by atoms with Crippen LogP contribution in [0.2, 0.25) is 0 Å². The molecular formula is C7H13NO3. The van der Waals surface area contributed by atoms with Crippen LogP contribution in [0.25, 0.3) is 0 Å². The Hall–Kier alpha value is -0.610. The number of β-lactam (4-membered cyclic amide) rings is 1. The highest BCUT2D eigenvalue weighted by Crippen LogP contribution is 2.06. The molecule has 0 radical (unpaired) electrons. The molecule has 1 aliphatic heterocycles. The number of hydrogen-bond donors (Lipinski definition) is 1. The fourth-order valence-electron chi connectivity index (χ4n) is 0.939. The van der Waals surface area contributed by atoms with Crippen LogP contribution in [-0.2, 0) is 9.53 Å². The molecule has 4 heteroatoms. The normalized spacial score (nSPS) is 16.8. The Labute approximate surface area is 65.8 Å². The maximum absolute atomic E-state index is 10.7. The third kappa shape index (κ3) is 2.48. The van der Waals surface area contributed by atoms with Gasteiger partial charge in [0.2, 0.25) is 5.91 Å². The van der Waals surface area contributed by atoms with Crippen LogP contribution in [0.5, 0.6) is 0 Å². The quantitative estimate of drug-likeness (QED) is 0.423. The number of amides is 1. The number of aliphatic hydroxyl groups excluding tert-OH is 1. The van der Waals surface area contributed by atoms with E-state index in [9.17, 15) is 4.79 Å². The van der Waals surface area contributed by atoms with Gasteiger partial charge in [-0.05, 0) is 0 Å². The Morgan fingerprint density at radius 2 is 2.36 bits per heavy atom. The number of carbonyl (C=O) groups excluding carboxylic acids is 1. The minimum Gasteiger partial charge on any atom is -0.394 e. The molecule has 0 aromatic rings. The van der Waals surface area contributed by atoms with E-state index in [-0.39, 0.29) is 12.5 Å². The molecule has 1 rings (SSSR count). The third-order valence-corrected chi connectivity index (χ3v) is 1.69. The maximum Gasteiger partial charge on any atom is 0.224 e. The molecule has 0 spiro atoms. The van der Waals surface area contributed by atoms with Gasteiger partial charge >= 0.3 is 0 Å². The molecule has 0 bridgehead atoms. The zero-order valence-electron chi connectivity index (χ0n) is 6.45. The zero-order valence-corrected chi connectivity index (χ0v) is 6.45. The minimum atomic E-state index is 0.0496. The van der Waals surface area contributed by atoms with Crippen molar-refractivity contribution in [3.05, 3.63) is 0 Å². The Balaban J connectivity index is 1.91. The molecule has 4 nitrogen and oxygen atoms in total. The minimum absolute atomic E-state index is 0.0496. The van der Waals surface area contributed by atoms with Crippen LogP contribution >= 0.6 is 0 Å². The fraction of sp³-hybridized carbons (Fsp3) is 0.857. The van der Waals surface area contributed by atoms with Crippen molar-refractivity contribution < 1.29 is 14.6 Å². The number of rotatable bonds is 5. The first-order valence-electron chi connectivity index (χ1n) is 3.81. The monoisotopic (exact) mass is 159 g/mol. The van der Waals surface area contributed by atoms with Crippen molar-refractivity contribution in [3.8, 4) is 0 Å². The first-order chi connectivity index (χ1) is 5.34. The predicted octanol–water partition coefficient (Wildman–Crippen LogP) is -0.772. The number of hydrogen-bond acceptors (Lipinski definition) is 3. The van der Waals surface area contributed by atoms with E-state index in [1.54, 1.807) is 4.90 Å². The number of likely N-dealkylation sites (tertiary alicyclic amines) is 1. The lowest BCUT2D eigenvalue weighted by atomic mass is 10.2. The molecule has 0 aromatic heterocycles. The molecule has 0 saturated carbocycles. The number of aliphatic hydroxyl groups is 1. The van der Waals surface area contributed by atoms with E-state index < -0.39 is 0 Å². The first kappa shape index (κ1) is 8.49. The largest absolute Gasteiger partial charge is 0.394 e. The SMILES string of the molecule is O=C1CCN1CCOCCO. The van der Waals surface area contributed by atoms with Gasteiger partial charge in [0.1, 0.15) is 0 Å². The van der Waals surface area contributed by atoms with Crippen LogP contribution in [0.15, 0.2) is 0 Å². The summed E-state index contributed by atoms with van der Waals surface area (Å²) in [5.74, 6) is 0.206. The summed E-state index contributed by atoms with van der Waals surface area (Å²) < 4.78 is 4.99. The van der Waals surface area contributed by atoms with Crippen molar-refractivity contribution in [3.63, 3.8) is 0 Å². The summed E-state index contributed by atoms with van der Waals surface area (Å²) in [5.41, 5.74) is 0. The lowest BCUT2D eigenvalue weighted by Crippen LogP contribution is -2.45. The molecule has 1 N–H and O–H groups in total. The first-order valence-corrected chi connectivity index (χ1v) is 3.81. The van der Waals surface area contributed by atoms with E-state index in [0.29, 0.717) is 26.2 Å². The van der Waals surface area contributed by atoms with E-state index in [1.807, 2.05) is 0 Å². The summed E-state index contributed by atoms with van der Waals surface area (Å²) in [5, 5.41) is 8.35. The van der Waals surface area contributed by atoms with E-state index >= 15 is 0 Å². The highest BCUT2D eigenvalue weighted by atomic mass is 16.5. The molecule has 0 aromatic carbocycles. The molecule has 1 amide bonds. The van der Waals surface area contributed by atoms with Gasteiger partial charge in [-0.25, -0.2) is 0 Å². The topological polar surface area (TPSA) is 49.8 Å². The van der Waals surface area contributed by atoms with Gasteiger partial charge < -0.3 is 14.7 Å². The number of ether oxygens (including phenoxy) is 1. The van der Waals surface area contributed by atoms with Gasteiger partial charge in [-0.1, -0.05) is 0 Å². The highest BCUT2D eigenvalue weighted by molar-refractivity contribution is 5.81. The van der Waals surface area contributed by atoms with Crippen molar-refractivity contribution >= 4 is 5.91 Å². The van der Waals surface area contributed by atoms with Crippen molar-refractivity contribution in [1.82, 2.24) is 4.90 Å². The summed E-state index contributed by atoms with van der Waals surface area (Å²) in [7, 11) is 0. The van der Waals surface area contributed by atoms with Crippen LogP contribution in [-0.4, -0.2) is 48.8 Å². The molecule has 0 atom stereocenters. The summed E-state index contributed by atoms with van der Waals surface area (Å²) in [6, 6.07) is 0. The number of carbonyl (C=O) groups is 1. The van der Waals surface area contributed by atoms with Gasteiger partial charge in [-0.15, -0.1) is 0 Å². The lowest BCUT2D eigenvalue weighted by molar-refractivity contribution is -0.140. The Morgan fingerprint density at radius 3 is 2.82 bits per heavy atom. The summed E-state index contributed by atoms with van der Waals surface area (Å²) in [6.07, 6.45) is 0.681. The van der Waals surface area contributed by atoms with Gasteiger partial charge in [-0.3, -0.25) is 4.79 Å². The van der Waals surface area contributed by atoms with Gasteiger partial charge in [0.05, 0.1) is 19.8 Å². The Kier molecular flexibility index (Phi) is 3.32. The zero-order chi connectivity index (χ0) is 8.10. The van der Waals surface area contributed by atoms with Crippen LogP contribution in [0, 0.1) is 0 Å². The van der Waals surface area contributed by atoms with Crippen molar-refractivity contribution in [2.45, 2.75) is 6.42 Å². The molecule has 1 fully saturated rings. The number of nitrogens with zero attached hydrogens (tertiary/aromatic N) is 1. The molecule has 0 unspecified atom stereocenters. The van der Waals surface area contributed by atoms with Crippen molar-refractivity contribution in [1.29, 1.82) is 0 Å². The average molecular weight is 159 g/mol. The smallest absolute Gasteiger partial charge is 0.224 e. The van der Waals surface area contributed by atoms with E-state index in [0.717, 1.165) is 6.54 Å². The van der Waals surface area contributed by atoms with Gasteiger partial charge in [0.25, 0.3) is 0 Å². The van der Waals surface area contributed by atoms with Crippen LogP contribution in [0.3, 0.4) is 0 Å². The molecule has 1 aliphatic rings. The molecule has 1 saturated heterocycles. The summed E-state index contributed by atoms with van der Waals surface area (Å²) >= 11 is 0. The summed E-state index contributed by atoms with van der Waals surface area (Å²) in [4.78, 5) is 12.5. The Morgan fingerprint density at radius 1 is 1.55 bits per heavy atom. The van der Waals surface area contributed by atoms with Crippen molar-refractivity contribution in [2.24, 2.45) is 0 Å². The molecule has 11 heavy (non-hydrogen) atoms. The van der Waals surface area contributed by atoms with E-state index in [1.165, 1.54) is 0 Å². The van der Waals surface area contributed by atoms with Crippen LogP contribution < -0.4 is 0 Å². The van der Waals surface area contributed by atoms with E-state index in [2.05, 4.69) is 0 Å². The van der Waals surface area contributed by atoms with E-state index in [4.69, 9.17) is 9.84 Å². The molecule has 64 valence electrons. The van der Waals surface area contributed by atoms with Gasteiger partial charge in [0, 0.05) is 19.5 Å². The lowest BCUT2D eigenvalue weighted by Gasteiger charge is -2.30.